The van der Waals surface area contributed by atoms with Crippen LogP contribution in [0.2, 0.25) is 0 Å². The van der Waals surface area contributed by atoms with Crippen molar-refractivity contribution in [3.05, 3.63) is 35.4 Å². The van der Waals surface area contributed by atoms with Crippen molar-refractivity contribution in [2.24, 2.45) is 38.4 Å². The fourth-order valence-corrected chi connectivity index (χ4v) is 8.03. The van der Waals surface area contributed by atoms with Gasteiger partial charge in [-0.1, -0.05) is 98.9 Å². The van der Waals surface area contributed by atoms with Crippen LogP contribution in [0.4, 0.5) is 0 Å². The van der Waals surface area contributed by atoms with E-state index in [2.05, 4.69) is 79.7 Å². The molecule has 1 aromatic rings. The molecule has 1 N–H and O–H groups in total. The van der Waals surface area contributed by atoms with Crippen molar-refractivity contribution in [1.82, 2.24) is 0 Å². The van der Waals surface area contributed by atoms with Crippen LogP contribution < -0.4 is 0 Å². The third-order valence-corrected chi connectivity index (χ3v) is 15.2. The second-order valence-corrected chi connectivity index (χ2v) is 20.5. The van der Waals surface area contributed by atoms with Crippen molar-refractivity contribution >= 4 is 0 Å². The predicted octanol–water partition coefficient (Wildman–Crippen LogP) is 9.48. The second kappa shape index (κ2) is 27.6. The van der Waals surface area contributed by atoms with Gasteiger partial charge in [-0.3, -0.25) is 0 Å². The quantitative estimate of drug-likeness (QED) is 0.0912. The van der Waals surface area contributed by atoms with Gasteiger partial charge < -0.3 is 52.5 Å². The van der Waals surface area contributed by atoms with Gasteiger partial charge in [-0.05, 0) is 62.0 Å². The molecule has 6 heterocycles. The molecule has 0 aliphatic carbocycles. The first-order valence-electron chi connectivity index (χ1n) is 25.0. The molecule has 11 heteroatoms. The van der Waals surface area contributed by atoms with Gasteiger partial charge in [-0.2, -0.15) is 0 Å². The molecule has 63 heavy (non-hydrogen) atoms. The van der Waals surface area contributed by atoms with Crippen LogP contribution >= 0.6 is 0 Å². The average Bonchev–Trinajstić information content (AvgIpc) is 3.22. The van der Waals surface area contributed by atoms with Crippen molar-refractivity contribution in [2.45, 2.75) is 133 Å². The Kier molecular flexibility index (Phi) is 23.8. The van der Waals surface area contributed by atoms with Gasteiger partial charge in [0.05, 0.1) is 132 Å². The summed E-state index contributed by atoms with van der Waals surface area (Å²) >= 11 is 0. The van der Waals surface area contributed by atoms with Gasteiger partial charge in [0.1, 0.15) is 0 Å². The Morgan fingerprint density at radius 3 is 0.968 bits per heavy atom. The highest BCUT2D eigenvalue weighted by atomic mass is 16.5. The molecule has 0 aromatic heterocycles. The minimum absolute atomic E-state index is 0.139. The lowest BCUT2D eigenvalue weighted by Crippen LogP contribution is -2.49. The molecular weight excluding hydrogens is 801 g/mol. The van der Waals surface area contributed by atoms with Gasteiger partial charge in [0, 0.05) is 39.1 Å². The summed E-state index contributed by atoms with van der Waals surface area (Å²) in [6, 6.07) is 8.54. The summed E-state index contributed by atoms with van der Waals surface area (Å²) in [5, 5.41) is 8.76. The molecule has 0 amide bonds. The Hall–Kier alpha value is -1.22. The maximum absolute atomic E-state index is 8.76. The van der Waals surface area contributed by atoms with E-state index >= 15 is 0 Å². The van der Waals surface area contributed by atoms with E-state index in [1.54, 1.807) is 0 Å². The van der Waals surface area contributed by atoms with Crippen molar-refractivity contribution in [2.75, 3.05) is 126 Å². The largest absolute Gasteiger partial charge is 0.396 e. The van der Waals surface area contributed by atoms with Crippen LogP contribution in [0.25, 0.3) is 0 Å². The topological polar surface area (TPSA) is 113 Å². The fraction of sp³-hybridized carbons (Fsp3) is 0.885. The molecule has 1 aromatic carbocycles. The normalized spacial score (nSPS) is 22.7. The number of aliphatic hydroxyl groups is 1. The maximum Gasteiger partial charge on any atom is 0.0717 e. The third-order valence-electron chi connectivity index (χ3n) is 15.2. The molecule has 7 rings (SSSR count). The minimum Gasteiger partial charge on any atom is -0.396 e. The fourth-order valence-electron chi connectivity index (χ4n) is 8.03. The first-order valence-corrected chi connectivity index (χ1v) is 25.0. The first-order chi connectivity index (χ1) is 30.5. The Morgan fingerprint density at radius 2 is 0.746 bits per heavy atom. The van der Waals surface area contributed by atoms with Crippen molar-refractivity contribution in [3.8, 4) is 0 Å². The lowest BCUT2D eigenvalue weighted by Gasteiger charge is -2.44. The van der Waals surface area contributed by atoms with E-state index in [-0.39, 0.29) is 22.9 Å². The molecule has 6 fully saturated rings. The van der Waals surface area contributed by atoms with Gasteiger partial charge in [0.2, 0.25) is 0 Å². The van der Waals surface area contributed by atoms with Crippen molar-refractivity contribution in [1.29, 1.82) is 0 Å². The molecule has 0 bridgehead atoms. The zero-order chi connectivity index (χ0) is 45.6. The van der Waals surface area contributed by atoms with E-state index in [1.165, 1.54) is 43.2 Å². The number of rotatable bonds is 27. The number of benzene rings is 1. The minimum atomic E-state index is 0.139. The molecule has 0 radical (unpaired) electrons. The predicted molar refractivity (Wildman–Crippen MR) is 249 cm³/mol. The monoisotopic (exact) mass is 893 g/mol. The van der Waals surface area contributed by atoms with Crippen LogP contribution in [0, 0.1) is 38.4 Å². The van der Waals surface area contributed by atoms with Crippen LogP contribution in [0.5, 0.6) is 0 Å². The number of hydrogen-bond acceptors (Lipinski definition) is 11. The third kappa shape index (κ3) is 16.5. The van der Waals surface area contributed by atoms with Gasteiger partial charge in [0.25, 0.3) is 0 Å². The molecule has 1 atom stereocenters. The highest BCUT2D eigenvalue weighted by Gasteiger charge is 2.42. The Labute approximate surface area is 383 Å². The number of unbranched alkanes of at least 4 members (excludes halogenated alkanes) is 1. The first kappa shape index (κ1) is 54.4. The van der Waals surface area contributed by atoms with Crippen LogP contribution in [0.1, 0.15) is 131 Å². The standard InChI is InChI=1S/C20H30O4.C14H28O2.C12H22O3.C6H12O2/c1-3-19(13-23-14-19)11-21-9-17-5-7-18(8-6-17)10-22-12-20(4-2)15-24-16-20;1-4-7-8-13(5-2)9-15-10-14(6-3)11-16-12-14;1-3-11(5-13-6-11)9-15-10-12(4-2)7-14-8-12;1-2-6(3-7)4-8-5-6/h5-8H,3-4,9-16H2,1-2H3;13H,4-12H2,1-3H3;3-10H2,1-2H3;7H,2-5H2,1H3. The molecule has 366 valence electrons. The van der Waals surface area contributed by atoms with E-state index in [1.807, 2.05) is 0 Å². The average molecular weight is 893 g/mol. The molecule has 0 saturated carbocycles. The number of hydrogen-bond donors (Lipinski definition) is 1. The van der Waals surface area contributed by atoms with Crippen LogP contribution in [-0.2, 0) is 60.6 Å². The number of ether oxygens (including phenoxy) is 10. The van der Waals surface area contributed by atoms with Gasteiger partial charge in [0.15, 0.2) is 0 Å². The van der Waals surface area contributed by atoms with E-state index < -0.39 is 0 Å². The summed E-state index contributed by atoms with van der Waals surface area (Å²) in [6.45, 7) is 34.6. The van der Waals surface area contributed by atoms with E-state index in [0.717, 1.165) is 157 Å². The van der Waals surface area contributed by atoms with Crippen molar-refractivity contribution < 1.29 is 52.5 Å². The lowest BCUT2D eigenvalue weighted by atomic mass is 9.83. The summed E-state index contributed by atoms with van der Waals surface area (Å²) in [5.41, 5.74) is 4.07. The number of aliphatic hydroxyl groups excluding tert-OH is 1. The smallest absolute Gasteiger partial charge is 0.0717 e. The Balaban J connectivity index is 0.000000196. The van der Waals surface area contributed by atoms with Crippen LogP contribution in [0.15, 0.2) is 24.3 Å². The Bertz CT molecular complexity index is 1220. The van der Waals surface area contributed by atoms with Crippen LogP contribution in [0.3, 0.4) is 0 Å². The summed E-state index contributed by atoms with van der Waals surface area (Å²) < 4.78 is 55.0. The SMILES string of the molecule is CCC1(CO)COC1.CCC1(COCC2(CC)COC2)COC1.CCC1(COCc2ccc(COCC3(CC)COC3)cc2)COC1.CCCCC(CC)COCC1(CC)COC1. The van der Waals surface area contributed by atoms with Crippen LogP contribution in [-0.4, -0.2) is 131 Å². The molecule has 1 unspecified atom stereocenters. The van der Waals surface area contributed by atoms with Gasteiger partial charge in [-0.25, -0.2) is 0 Å². The second-order valence-electron chi connectivity index (χ2n) is 20.5. The lowest BCUT2D eigenvalue weighted by molar-refractivity contribution is -0.187. The summed E-state index contributed by atoms with van der Waals surface area (Å²) in [5.74, 6) is 0.759. The van der Waals surface area contributed by atoms with E-state index in [9.17, 15) is 0 Å². The molecule has 11 nitrogen and oxygen atoms in total. The summed E-state index contributed by atoms with van der Waals surface area (Å²) in [7, 11) is 0. The highest BCUT2D eigenvalue weighted by molar-refractivity contribution is 5.21. The molecule has 6 saturated heterocycles. The zero-order valence-corrected chi connectivity index (χ0v) is 41.3. The Morgan fingerprint density at radius 1 is 0.444 bits per heavy atom. The molecule has 0 spiro atoms. The summed E-state index contributed by atoms with van der Waals surface area (Å²) in [4.78, 5) is 0. The molecular formula is C52H92O11. The highest BCUT2D eigenvalue weighted by Crippen LogP contribution is 2.36. The van der Waals surface area contributed by atoms with Gasteiger partial charge >= 0.3 is 0 Å². The summed E-state index contributed by atoms with van der Waals surface area (Å²) in [6.07, 6.45) is 12.0. The molecule has 6 aliphatic rings. The zero-order valence-electron chi connectivity index (χ0n) is 41.3. The maximum atomic E-state index is 8.76. The van der Waals surface area contributed by atoms with E-state index in [4.69, 9.17) is 52.5 Å². The van der Waals surface area contributed by atoms with Gasteiger partial charge in [-0.15, -0.1) is 0 Å². The molecule has 6 aliphatic heterocycles. The van der Waals surface area contributed by atoms with E-state index in [0.29, 0.717) is 29.5 Å². The van der Waals surface area contributed by atoms with Crippen molar-refractivity contribution in [3.63, 3.8) is 0 Å².